The smallest absolute Gasteiger partial charge is 0.163 e. The maximum absolute atomic E-state index is 9.72. The largest absolute Gasteiger partial charge is 0.861 e. The molecule has 0 heterocycles. The number of hydrogen-bond donors (Lipinski definition) is 0. The van der Waals surface area contributed by atoms with Crippen molar-refractivity contribution < 1.29 is 9.68 Å². The first-order valence-electron chi connectivity index (χ1n) is 4.47. The van der Waals surface area contributed by atoms with Crippen molar-refractivity contribution in [2.75, 3.05) is 6.61 Å². The third kappa shape index (κ3) is 9.98. The summed E-state index contributed by atoms with van der Waals surface area (Å²) in [5.41, 5.74) is 0. The van der Waals surface area contributed by atoms with Gasteiger partial charge in [0.25, 0.3) is 0 Å². The fraction of sp³-hybridized carbons (Fsp3) is 1.00. The molecule has 1 radical (unpaired) electrons. The second-order valence-electron chi connectivity index (χ2n) is 2.73. The van der Waals surface area contributed by atoms with Crippen LogP contribution in [0.4, 0.5) is 0 Å². The lowest BCUT2D eigenvalue weighted by atomic mass is 10.1. The first-order valence-corrected chi connectivity index (χ1v) is 4.47. The van der Waals surface area contributed by atoms with Gasteiger partial charge in [-0.15, -0.1) is 0 Å². The standard InChI is InChI=1S/C8H17BO2/c1-2-3-4-5-6-7-8-11-9-10/h2-8H2,1H3/q-1. The molecule has 2 nitrogen and oxygen atoms in total. The van der Waals surface area contributed by atoms with Crippen molar-refractivity contribution in [2.45, 2.75) is 45.4 Å². The van der Waals surface area contributed by atoms with Gasteiger partial charge < -0.3 is 9.68 Å². The van der Waals surface area contributed by atoms with Gasteiger partial charge in [-0.05, 0) is 6.42 Å². The Morgan fingerprint density at radius 1 is 1.09 bits per heavy atom. The topological polar surface area (TPSA) is 32.3 Å². The van der Waals surface area contributed by atoms with Crippen LogP contribution in [-0.4, -0.2) is 14.3 Å². The van der Waals surface area contributed by atoms with Crippen LogP contribution in [0.25, 0.3) is 0 Å². The Balaban J connectivity index is 2.69. The van der Waals surface area contributed by atoms with Crippen molar-refractivity contribution >= 4 is 7.69 Å². The molecule has 0 unspecified atom stereocenters. The lowest BCUT2D eigenvalue weighted by Crippen LogP contribution is -2.15. The molecule has 0 aliphatic rings. The van der Waals surface area contributed by atoms with E-state index >= 15 is 0 Å². The van der Waals surface area contributed by atoms with Crippen LogP contribution in [0.15, 0.2) is 0 Å². The number of rotatable bonds is 8. The van der Waals surface area contributed by atoms with Crippen molar-refractivity contribution in [2.24, 2.45) is 0 Å². The normalized spacial score (nSPS) is 10.0. The quantitative estimate of drug-likeness (QED) is 0.391. The van der Waals surface area contributed by atoms with E-state index in [1.807, 2.05) is 0 Å². The van der Waals surface area contributed by atoms with E-state index in [1.54, 1.807) is 0 Å². The molecule has 0 aliphatic heterocycles. The van der Waals surface area contributed by atoms with Gasteiger partial charge >= 0.3 is 0 Å². The highest BCUT2D eigenvalue weighted by atomic mass is 16.5. The molecule has 11 heavy (non-hydrogen) atoms. The first kappa shape index (κ1) is 11.0. The van der Waals surface area contributed by atoms with Crippen LogP contribution in [0.1, 0.15) is 45.4 Å². The summed E-state index contributed by atoms with van der Waals surface area (Å²) in [6.45, 7) is 2.80. The third-order valence-corrected chi connectivity index (χ3v) is 1.68. The zero-order valence-electron chi connectivity index (χ0n) is 7.34. The fourth-order valence-electron chi connectivity index (χ4n) is 1.01. The summed E-state index contributed by atoms with van der Waals surface area (Å²) in [6, 6.07) is 0. The van der Waals surface area contributed by atoms with Crippen LogP contribution in [0.5, 0.6) is 0 Å². The molecule has 0 aromatic carbocycles. The van der Waals surface area contributed by atoms with Gasteiger partial charge in [0.15, 0.2) is 7.69 Å². The molecule has 0 aliphatic carbocycles. The zero-order valence-corrected chi connectivity index (χ0v) is 7.34. The SMILES string of the molecule is CCCCCCCCO[B][O-]. The van der Waals surface area contributed by atoms with E-state index in [9.17, 15) is 5.02 Å². The van der Waals surface area contributed by atoms with Crippen molar-refractivity contribution in [1.82, 2.24) is 0 Å². The molecule has 0 spiro atoms. The molecule has 0 saturated carbocycles. The molecule has 0 aromatic rings. The molecule has 0 fully saturated rings. The van der Waals surface area contributed by atoms with Gasteiger partial charge in [0.1, 0.15) is 0 Å². The van der Waals surface area contributed by atoms with Crippen LogP contribution >= 0.6 is 0 Å². The maximum Gasteiger partial charge on any atom is 0.163 e. The molecule has 0 aromatic heterocycles. The van der Waals surface area contributed by atoms with Gasteiger partial charge in [0, 0.05) is 6.61 Å². The van der Waals surface area contributed by atoms with Gasteiger partial charge in [0.2, 0.25) is 0 Å². The van der Waals surface area contributed by atoms with Crippen molar-refractivity contribution in [3.8, 4) is 0 Å². The molecule has 0 saturated heterocycles. The Morgan fingerprint density at radius 3 is 2.36 bits per heavy atom. The van der Waals surface area contributed by atoms with Crippen LogP contribution in [0.2, 0.25) is 0 Å². The van der Waals surface area contributed by atoms with E-state index < -0.39 is 0 Å². The van der Waals surface area contributed by atoms with E-state index in [0.717, 1.165) is 6.42 Å². The van der Waals surface area contributed by atoms with E-state index in [4.69, 9.17) is 0 Å². The average Bonchev–Trinajstić information content (AvgIpc) is 2.03. The lowest BCUT2D eigenvalue weighted by Gasteiger charge is -2.04. The monoisotopic (exact) mass is 156 g/mol. The average molecular weight is 156 g/mol. The Hall–Kier alpha value is -0.0151. The molecular weight excluding hydrogens is 139 g/mol. The summed E-state index contributed by atoms with van der Waals surface area (Å²) in [5, 5.41) is 9.72. The van der Waals surface area contributed by atoms with Crippen LogP contribution < -0.4 is 5.02 Å². The van der Waals surface area contributed by atoms with E-state index in [1.165, 1.54) is 32.1 Å². The molecule has 0 bridgehead atoms. The number of hydrogen-bond acceptors (Lipinski definition) is 2. The molecule has 0 N–H and O–H groups in total. The highest BCUT2D eigenvalue weighted by molar-refractivity contribution is 6.13. The number of unbranched alkanes of at least 4 members (excludes halogenated alkanes) is 5. The summed E-state index contributed by atoms with van der Waals surface area (Å²) in [4.78, 5) is 0. The van der Waals surface area contributed by atoms with Crippen molar-refractivity contribution in [3.63, 3.8) is 0 Å². The first-order chi connectivity index (χ1) is 5.41. The van der Waals surface area contributed by atoms with E-state index in [0.29, 0.717) is 14.3 Å². The molecule has 65 valence electrons. The minimum absolute atomic E-state index is 0.520. The summed E-state index contributed by atoms with van der Waals surface area (Å²) in [5.74, 6) is 0. The Labute approximate surface area is 70.3 Å². The van der Waals surface area contributed by atoms with Gasteiger partial charge in [0.05, 0.1) is 0 Å². The van der Waals surface area contributed by atoms with Crippen LogP contribution in [0.3, 0.4) is 0 Å². The Kier molecular flexibility index (Phi) is 9.97. The van der Waals surface area contributed by atoms with Crippen LogP contribution in [-0.2, 0) is 4.65 Å². The predicted molar refractivity (Wildman–Crippen MR) is 45.1 cm³/mol. The second-order valence-corrected chi connectivity index (χ2v) is 2.73. The van der Waals surface area contributed by atoms with Gasteiger partial charge in [-0.25, -0.2) is 0 Å². The Morgan fingerprint density at radius 2 is 1.73 bits per heavy atom. The highest BCUT2D eigenvalue weighted by Crippen LogP contribution is 2.04. The van der Waals surface area contributed by atoms with Gasteiger partial charge in [-0.3, -0.25) is 0 Å². The predicted octanol–water partition coefficient (Wildman–Crippen LogP) is 1.26. The van der Waals surface area contributed by atoms with Crippen LogP contribution in [0, 0.1) is 0 Å². The molecule has 0 rings (SSSR count). The fourth-order valence-corrected chi connectivity index (χ4v) is 1.01. The molecule has 0 atom stereocenters. The third-order valence-electron chi connectivity index (χ3n) is 1.68. The van der Waals surface area contributed by atoms with Crippen molar-refractivity contribution in [3.05, 3.63) is 0 Å². The van der Waals surface area contributed by atoms with E-state index in [2.05, 4.69) is 11.6 Å². The summed E-state index contributed by atoms with van der Waals surface area (Å²) in [6.07, 6.45) is 7.41. The highest BCUT2D eigenvalue weighted by Gasteiger charge is 1.87. The van der Waals surface area contributed by atoms with Gasteiger partial charge in [-0.1, -0.05) is 39.0 Å². The van der Waals surface area contributed by atoms with Crippen molar-refractivity contribution in [1.29, 1.82) is 0 Å². The molecule has 0 amide bonds. The second kappa shape index (κ2) is 9.98. The molecular formula is C8H17BO2-. The summed E-state index contributed by atoms with van der Waals surface area (Å²) < 4.78 is 4.56. The Bertz CT molecular complexity index is 61.1. The minimum Gasteiger partial charge on any atom is -0.861 e. The summed E-state index contributed by atoms with van der Waals surface area (Å²) >= 11 is 0. The minimum atomic E-state index is 0.520. The van der Waals surface area contributed by atoms with E-state index in [-0.39, 0.29) is 0 Å². The van der Waals surface area contributed by atoms with Gasteiger partial charge in [-0.2, -0.15) is 0 Å². The zero-order chi connectivity index (χ0) is 8.36. The lowest BCUT2D eigenvalue weighted by molar-refractivity contribution is -0.206. The maximum atomic E-state index is 9.72. The summed E-state index contributed by atoms with van der Waals surface area (Å²) in [7, 11) is 0.520. The molecule has 3 heteroatoms.